The van der Waals surface area contributed by atoms with Gasteiger partial charge in [-0.05, 0) is 25.1 Å². The maximum atomic E-state index is 11.4. The molecule has 0 fully saturated rings. The van der Waals surface area contributed by atoms with Gasteiger partial charge in [0.25, 0.3) is 0 Å². The van der Waals surface area contributed by atoms with E-state index in [0.717, 1.165) is 17.8 Å². The van der Waals surface area contributed by atoms with Crippen molar-refractivity contribution < 1.29 is 9.90 Å². The Morgan fingerprint density at radius 3 is 2.95 bits per heavy atom. The number of hydrogen-bond acceptors (Lipinski definition) is 4. The van der Waals surface area contributed by atoms with Gasteiger partial charge in [0, 0.05) is 22.7 Å². The number of carboxylic acid groups (broad SMARTS) is 1. The monoisotopic (exact) mass is 289 g/mol. The molecule has 0 saturated carbocycles. The van der Waals surface area contributed by atoms with E-state index in [2.05, 4.69) is 15.3 Å². The first-order valence-corrected chi connectivity index (χ1v) is 6.62. The SMILES string of the molecule is O=C(O)c1nc(-c2cccc(Cl)c2)nc2c1CCNC2. The molecule has 0 saturated heterocycles. The molecule has 0 unspecified atom stereocenters. The van der Waals surface area contributed by atoms with Crippen LogP contribution in [0.5, 0.6) is 0 Å². The highest BCUT2D eigenvalue weighted by atomic mass is 35.5. The summed E-state index contributed by atoms with van der Waals surface area (Å²) >= 11 is 5.96. The Hall–Kier alpha value is -1.98. The fourth-order valence-electron chi connectivity index (χ4n) is 2.29. The van der Waals surface area contributed by atoms with E-state index >= 15 is 0 Å². The topological polar surface area (TPSA) is 75.1 Å². The van der Waals surface area contributed by atoms with Gasteiger partial charge in [0.05, 0.1) is 5.69 Å². The minimum Gasteiger partial charge on any atom is -0.476 e. The predicted molar refractivity (Wildman–Crippen MR) is 74.8 cm³/mol. The van der Waals surface area contributed by atoms with Crippen molar-refractivity contribution >= 4 is 17.6 Å². The van der Waals surface area contributed by atoms with E-state index in [4.69, 9.17) is 11.6 Å². The maximum absolute atomic E-state index is 11.4. The molecule has 0 aliphatic carbocycles. The Balaban J connectivity index is 2.17. The van der Waals surface area contributed by atoms with Crippen LogP contribution in [-0.2, 0) is 13.0 Å². The molecule has 2 N–H and O–H groups in total. The average Bonchev–Trinajstić information content (AvgIpc) is 2.46. The lowest BCUT2D eigenvalue weighted by Gasteiger charge is -2.18. The van der Waals surface area contributed by atoms with Gasteiger partial charge in [0.1, 0.15) is 0 Å². The van der Waals surface area contributed by atoms with Crippen LogP contribution in [0.15, 0.2) is 24.3 Å². The number of aromatic nitrogens is 2. The van der Waals surface area contributed by atoms with Crippen LogP contribution < -0.4 is 5.32 Å². The van der Waals surface area contributed by atoms with E-state index in [1.807, 2.05) is 6.07 Å². The van der Waals surface area contributed by atoms with E-state index in [1.54, 1.807) is 18.2 Å². The molecule has 0 radical (unpaired) electrons. The van der Waals surface area contributed by atoms with Gasteiger partial charge in [0.15, 0.2) is 11.5 Å². The summed E-state index contributed by atoms with van der Waals surface area (Å²) in [5, 5.41) is 13.1. The number of benzene rings is 1. The van der Waals surface area contributed by atoms with Crippen LogP contribution in [0.3, 0.4) is 0 Å². The summed E-state index contributed by atoms with van der Waals surface area (Å²) in [6.45, 7) is 1.30. The first-order valence-electron chi connectivity index (χ1n) is 6.25. The Labute approximate surface area is 120 Å². The van der Waals surface area contributed by atoms with Crippen molar-refractivity contribution in [3.05, 3.63) is 46.2 Å². The van der Waals surface area contributed by atoms with Crippen molar-refractivity contribution in [2.24, 2.45) is 0 Å². The van der Waals surface area contributed by atoms with Crippen LogP contribution >= 0.6 is 11.6 Å². The molecule has 1 aromatic heterocycles. The number of nitrogens with zero attached hydrogens (tertiary/aromatic N) is 2. The Kier molecular flexibility index (Phi) is 3.38. The second kappa shape index (κ2) is 5.19. The molecule has 0 atom stereocenters. The molecular formula is C14H12ClN3O2. The van der Waals surface area contributed by atoms with Crippen LogP contribution in [0, 0.1) is 0 Å². The van der Waals surface area contributed by atoms with Crippen molar-refractivity contribution in [2.75, 3.05) is 6.54 Å². The molecule has 1 aliphatic rings. The Morgan fingerprint density at radius 2 is 2.20 bits per heavy atom. The third-order valence-electron chi connectivity index (χ3n) is 3.22. The second-order valence-electron chi connectivity index (χ2n) is 4.56. The van der Waals surface area contributed by atoms with Gasteiger partial charge in [-0.15, -0.1) is 0 Å². The molecule has 2 aromatic rings. The molecule has 5 nitrogen and oxygen atoms in total. The molecule has 102 valence electrons. The number of rotatable bonds is 2. The quantitative estimate of drug-likeness (QED) is 0.886. The summed E-state index contributed by atoms with van der Waals surface area (Å²) in [5.41, 5.74) is 2.28. The minimum absolute atomic E-state index is 0.0893. The van der Waals surface area contributed by atoms with Gasteiger partial charge in [0.2, 0.25) is 0 Å². The maximum Gasteiger partial charge on any atom is 0.354 e. The van der Waals surface area contributed by atoms with Gasteiger partial charge >= 0.3 is 5.97 Å². The number of carbonyl (C=O) groups is 1. The summed E-state index contributed by atoms with van der Waals surface area (Å²) in [6.07, 6.45) is 0.632. The van der Waals surface area contributed by atoms with Crippen LogP contribution in [-0.4, -0.2) is 27.6 Å². The summed E-state index contributed by atoms with van der Waals surface area (Å²) in [7, 11) is 0. The number of aromatic carboxylic acids is 1. The van der Waals surface area contributed by atoms with Crippen LogP contribution in [0.1, 0.15) is 21.7 Å². The number of carboxylic acids is 1. The fraction of sp³-hybridized carbons (Fsp3) is 0.214. The zero-order chi connectivity index (χ0) is 14.1. The van der Waals surface area contributed by atoms with Crippen molar-refractivity contribution in [2.45, 2.75) is 13.0 Å². The summed E-state index contributed by atoms with van der Waals surface area (Å²) in [6, 6.07) is 7.09. The summed E-state index contributed by atoms with van der Waals surface area (Å²) < 4.78 is 0. The third-order valence-corrected chi connectivity index (χ3v) is 3.46. The number of nitrogens with one attached hydrogen (secondary N) is 1. The molecule has 0 amide bonds. The van der Waals surface area contributed by atoms with Gasteiger partial charge < -0.3 is 10.4 Å². The Morgan fingerprint density at radius 1 is 1.35 bits per heavy atom. The van der Waals surface area contributed by atoms with Gasteiger partial charge in [-0.1, -0.05) is 23.7 Å². The fourth-order valence-corrected chi connectivity index (χ4v) is 2.48. The zero-order valence-corrected chi connectivity index (χ0v) is 11.3. The normalized spacial score (nSPS) is 13.8. The molecule has 3 rings (SSSR count). The van der Waals surface area contributed by atoms with Gasteiger partial charge in [-0.3, -0.25) is 0 Å². The smallest absolute Gasteiger partial charge is 0.354 e. The highest BCUT2D eigenvalue weighted by molar-refractivity contribution is 6.30. The standard InChI is InChI=1S/C14H12ClN3O2/c15-9-3-1-2-8(6-9)13-17-11-7-16-5-4-10(11)12(18-13)14(19)20/h1-3,6,16H,4-5,7H2,(H,19,20). The van der Waals surface area contributed by atoms with Gasteiger partial charge in [-0.25, -0.2) is 14.8 Å². The number of hydrogen-bond donors (Lipinski definition) is 2. The van der Waals surface area contributed by atoms with Crippen molar-refractivity contribution in [3.8, 4) is 11.4 Å². The second-order valence-corrected chi connectivity index (χ2v) is 5.00. The number of fused-ring (bicyclic) bond motifs is 1. The van der Waals surface area contributed by atoms with E-state index < -0.39 is 5.97 Å². The zero-order valence-electron chi connectivity index (χ0n) is 10.6. The highest BCUT2D eigenvalue weighted by Gasteiger charge is 2.22. The first-order chi connectivity index (χ1) is 9.65. The molecule has 1 aliphatic heterocycles. The number of halogens is 1. The molecule has 1 aromatic carbocycles. The largest absolute Gasteiger partial charge is 0.476 e. The Bertz CT molecular complexity index is 688. The first kappa shape index (κ1) is 13.0. The van der Waals surface area contributed by atoms with Crippen molar-refractivity contribution in [1.82, 2.24) is 15.3 Å². The average molecular weight is 290 g/mol. The van der Waals surface area contributed by atoms with Crippen LogP contribution in [0.25, 0.3) is 11.4 Å². The third kappa shape index (κ3) is 2.37. The molecule has 20 heavy (non-hydrogen) atoms. The summed E-state index contributed by atoms with van der Waals surface area (Å²) in [5.74, 6) is -0.624. The van der Waals surface area contributed by atoms with Gasteiger partial charge in [-0.2, -0.15) is 0 Å². The molecular weight excluding hydrogens is 278 g/mol. The molecule has 2 heterocycles. The lowest BCUT2D eigenvalue weighted by atomic mass is 10.0. The van der Waals surface area contributed by atoms with E-state index in [0.29, 0.717) is 29.4 Å². The van der Waals surface area contributed by atoms with E-state index in [9.17, 15) is 9.90 Å². The molecule has 0 bridgehead atoms. The highest BCUT2D eigenvalue weighted by Crippen LogP contribution is 2.23. The summed E-state index contributed by atoms with van der Waals surface area (Å²) in [4.78, 5) is 20.1. The lowest BCUT2D eigenvalue weighted by Crippen LogP contribution is -2.27. The molecule has 0 spiro atoms. The van der Waals surface area contributed by atoms with E-state index in [-0.39, 0.29) is 5.69 Å². The minimum atomic E-state index is -1.02. The van der Waals surface area contributed by atoms with Crippen LogP contribution in [0.2, 0.25) is 5.02 Å². The predicted octanol–water partition coefficient (Wildman–Crippen LogP) is 2.14. The van der Waals surface area contributed by atoms with Crippen molar-refractivity contribution in [1.29, 1.82) is 0 Å². The molecule has 6 heteroatoms. The van der Waals surface area contributed by atoms with E-state index in [1.165, 1.54) is 0 Å². The lowest BCUT2D eigenvalue weighted by molar-refractivity contribution is 0.0688. The van der Waals surface area contributed by atoms with Crippen molar-refractivity contribution in [3.63, 3.8) is 0 Å². The van der Waals surface area contributed by atoms with Crippen LogP contribution in [0.4, 0.5) is 0 Å².